The van der Waals surface area contributed by atoms with Gasteiger partial charge in [-0.15, -0.1) is 0 Å². The third-order valence-corrected chi connectivity index (χ3v) is 0.968. The Morgan fingerprint density at radius 1 is 1.27 bits per heavy atom. The first-order valence-electron chi connectivity index (χ1n) is 3.87. The van der Waals surface area contributed by atoms with Crippen LogP contribution in [0.25, 0.3) is 0 Å². The molecule has 3 nitrogen and oxygen atoms in total. The fourth-order valence-electron chi connectivity index (χ4n) is 0.512. The Bertz CT molecular complexity index is 100. The van der Waals surface area contributed by atoms with E-state index in [0.717, 1.165) is 0 Å². The summed E-state index contributed by atoms with van der Waals surface area (Å²) in [4.78, 5) is 0. The molecule has 0 saturated heterocycles. The first-order valence-corrected chi connectivity index (χ1v) is 3.87. The van der Waals surface area contributed by atoms with Crippen molar-refractivity contribution in [2.75, 3.05) is 13.2 Å². The summed E-state index contributed by atoms with van der Waals surface area (Å²) >= 11 is 0. The van der Waals surface area contributed by atoms with Crippen LogP contribution in [-0.4, -0.2) is 25.6 Å². The molecule has 0 fully saturated rings. The Morgan fingerprint density at radius 2 is 1.82 bits per heavy atom. The fraction of sp³-hybridized carbons (Fsp3) is 1.00. The van der Waals surface area contributed by atoms with Crippen LogP contribution >= 0.6 is 0 Å². The van der Waals surface area contributed by atoms with Crippen molar-refractivity contribution in [3.05, 3.63) is 0 Å². The smallest absolute Gasteiger partial charge is 0.402 e. The van der Waals surface area contributed by atoms with Gasteiger partial charge >= 0.3 is 7.32 Å². The highest BCUT2D eigenvalue weighted by molar-refractivity contribution is 6.34. The van der Waals surface area contributed by atoms with Gasteiger partial charge in [0.15, 0.2) is 0 Å². The van der Waals surface area contributed by atoms with Gasteiger partial charge in [0.1, 0.15) is 0 Å². The highest BCUT2D eigenvalue weighted by Gasteiger charge is 2.19. The minimum absolute atomic E-state index is 0.0675. The highest BCUT2D eigenvalue weighted by Crippen LogP contribution is 2.12. The molecule has 0 radical (unpaired) electrons. The van der Waals surface area contributed by atoms with Crippen molar-refractivity contribution < 1.29 is 14.3 Å². The maximum Gasteiger partial charge on any atom is 0.636 e. The second-order valence-corrected chi connectivity index (χ2v) is 3.63. The SMILES string of the molecule is CCOB(O)OCC(C)(C)C. The van der Waals surface area contributed by atoms with E-state index < -0.39 is 7.32 Å². The molecule has 0 bridgehead atoms. The van der Waals surface area contributed by atoms with E-state index in [1.165, 1.54) is 0 Å². The van der Waals surface area contributed by atoms with Gasteiger partial charge in [0.25, 0.3) is 0 Å². The third kappa shape index (κ3) is 7.85. The molecule has 0 rings (SSSR count). The van der Waals surface area contributed by atoms with Crippen molar-refractivity contribution in [2.24, 2.45) is 5.41 Å². The lowest BCUT2D eigenvalue weighted by Crippen LogP contribution is -2.27. The molecule has 0 amide bonds. The number of rotatable bonds is 4. The van der Waals surface area contributed by atoms with Crippen LogP contribution in [0.1, 0.15) is 27.7 Å². The molecule has 0 aromatic rings. The Morgan fingerprint density at radius 3 is 2.18 bits per heavy atom. The zero-order chi connectivity index (χ0) is 8.91. The predicted molar refractivity (Wildman–Crippen MR) is 45.0 cm³/mol. The molecule has 0 aromatic carbocycles. The second kappa shape index (κ2) is 4.75. The van der Waals surface area contributed by atoms with E-state index in [4.69, 9.17) is 14.3 Å². The normalized spacial score (nSPS) is 11.7. The molecule has 1 N–H and O–H groups in total. The predicted octanol–water partition coefficient (Wildman–Crippen LogP) is 1.06. The summed E-state index contributed by atoms with van der Waals surface area (Å²) in [6, 6.07) is 0. The van der Waals surface area contributed by atoms with Crippen molar-refractivity contribution in [1.29, 1.82) is 0 Å². The fourth-order valence-corrected chi connectivity index (χ4v) is 0.512. The standard InChI is InChI=1S/C7H17BO3/c1-5-10-8(9)11-6-7(2,3)4/h9H,5-6H2,1-4H3. The molecule has 4 heteroatoms. The van der Waals surface area contributed by atoms with Gasteiger partial charge in [-0.25, -0.2) is 0 Å². The van der Waals surface area contributed by atoms with Gasteiger partial charge in [0, 0.05) is 13.2 Å². The van der Waals surface area contributed by atoms with E-state index in [-0.39, 0.29) is 5.41 Å². The van der Waals surface area contributed by atoms with Crippen LogP contribution in [0.2, 0.25) is 0 Å². The number of hydrogen-bond acceptors (Lipinski definition) is 3. The van der Waals surface area contributed by atoms with Crippen LogP contribution in [0.3, 0.4) is 0 Å². The van der Waals surface area contributed by atoms with Gasteiger partial charge in [0.05, 0.1) is 0 Å². The molecule has 0 heterocycles. The van der Waals surface area contributed by atoms with Crippen molar-refractivity contribution in [3.63, 3.8) is 0 Å². The Kier molecular flexibility index (Phi) is 4.72. The molecule has 0 unspecified atom stereocenters. The van der Waals surface area contributed by atoms with Gasteiger partial charge < -0.3 is 14.3 Å². The topological polar surface area (TPSA) is 38.7 Å². The van der Waals surface area contributed by atoms with Crippen molar-refractivity contribution >= 4 is 7.32 Å². The summed E-state index contributed by atoms with van der Waals surface area (Å²) < 4.78 is 9.75. The second-order valence-electron chi connectivity index (χ2n) is 3.63. The molecule has 0 aromatic heterocycles. The molecule has 0 spiro atoms. The largest absolute Gasteiger partial charge is 0.636 e. The van der Waals surface area contributed by atoms with Gasteiger partial charge in [-0.2, -0.15) is 0 Å². The summed E-state index contributed by atoms with van der Waals surface area (Å²) in [5, 5.41) is 8.97. The van der Waals surface area contributed by atoms with E-state index in [9.17, 15) is 0 Å². The zero-order valence-electron chi connectivity index (χ0n) is 7.76. The summed E-state index contributed by atoms with van der Waals surface area (Å²) in [7, 11) is -1.07. The highest BCUT2D eigenvalue weighted by atomic mass is 16.7. The van der Waals surface area contributed by atoms with Crippen molar-refractivity contribution in [2.45, 2.75) is 27.7 Å². The van der Waals surface area contributed by atoms with Crippen LogP contribution in [0.5, 0.6) is 0 Å². The lowest BCUT2D eigenvalue weighted by atomic mass is 9.98. The molecule has 0 saturated carbocycles. The average molecular weight is 160 g/mol. The molecule has 66 valence electrons. The van der Waals surface area contributed by atoms with Crippen molar-refractivity contribution in [3.8, 4) is 0 Å². The quantitative estimate of drug-likeness (QED) is 0.625. The van der Waals surface area contributed by atoms with Crippen LogP contribution in [0.4, 0.5) is 0 Å². The van der Waals surface area contributed by atoms with Gasteiger partial charge in [-0.1, -0.05) is 20.8 Å². The summed E-state index contributed by atoms with van der Waals surface area (Å²) in [5.74, 6) is 0. The van der Waals surface area contributed by atoms with Crippen LogP contribution in [0.15, 0.2) is 0 Å². The molecule has 0 atom stereocenters. The first kappa shape index (κ1) is 10.9. The third-order valence-electron chi connectivity index (χ3n) is 0.968. The van der Waals surface area contributed by atoms with Crippen molar-refractivity contribution in [1.82, 2.24) is 0 Å². The van der Waals surface area contributed by atoms with E-state index in [1.807, 2.05) is 27.7 Å². The maximum absolute atomic E-state index is 8.97. The summed E-state index contributed by atoms with van der Waals surface area (Å²) in [6.45, 7) is 8.87. The molecule has 11 heavy (non-hydrogen) atoms. The molecule has 0 aliphatic heterocycles. The Hall–Kier alpha value is -0.0551. The van der Waals surface area contributed by atoms with Crippen LogP contribution < -0.4 is 0 Å². The molecular formula is C7H17BO3. The Balaban J connectivity index is 3.38. The average Bonchev–Trinajstić information content (AvgIpc) is 1.83. The lowest BCUT2D eigenvalue weighted by Gasteiger charge is -2.18. The molecule has 0 aliphatic carbocycles. The first-order chi connectivity index (χ1) is 4.95. The Labute approximate surface area is 68.9 Å². The summed E-state index contributed by atoms with van der Waals surface area (Å²) in [6.07, 6.45) is 0. The number of hydrogen-bond donors (Lipinski definition) is 1. The van der Waals surface area contributed by atoms with Gasteiger partial charge in [0.2, 0.25) is 0 Å². The monoisotopic (exact) mass is 160 g/mol. The van der Waals surface area contributed by atoms with E-state index >= 15 is 0 Å². The van der Waals surface area contributed by atoms with E-state index in [0.29, 0.717) is 13.2 Å². The molecule has 0 aliphatic rings. The zero-order valence-corrected chi connectivity index (χ0v) is 7.76. The van der Waals surface area contributed by atoms with Gasteiger partial charge in [-0.3, -0.25) is 0 Å². The maximum atomic E-state index is 8.97. The summed E-state index contributed by atoms with van der Waals surface area (Å²) in [5.41, 5.74) is 0.0675. The van der Waals surface area contributed by atoms with Crippen LogP contribution in [0, 0.1) is 5.41 Å². The van der Waals surface area contributed by atoms with E-state index in [1.54, 1.807) is 0 Å². The van der Waals surface area contributed by atoms with Crippen LogP contribution in [-0.2, 0) is 9.31 Å². The lowest BCUT2D eigenvalue weighted by molar-refractivity contribution is 0.0987. The molecular weight excluding hydrogens is 143 g/mol. The van der Waals surface area contributed by atoms with Gasteiger partial charge in [-0.05, 0) is 12.3 Å². The minimum Gasteiger partial charge on any atom is -0.402 e. The minimum atomic E-state index is -1.07. The van der Waals surface area contributed by atoms with E-state index in [2.05, 4.69) is 0 Å².